The van der Waals surface area contributed by atoms with Crippen molar-refractivity contribution in [2.45, 2.75) is 44.4 Å². The molecule has 3 rings (SSSR count). The fourth-order valence-corrected chi connectivity index (χ4v) is 4.29. The van der Waals surface area contributed by atoms with E-state index in [2.05, 4.69) is 20.5 Å². The van der Waals surface area contributed by atoms with E-state index >= 15 is 0 Å². The molecular weight excluding hydrogens is 353 g/mol. The number of halogens is 3. The lowest BCUT2D eigenvalue weighted by atomic mass is 9.98. The molecule has 1 aromatic heterocycles. The van der Waals surface area contributed by atoms with Crippen LogP contribution in [0.15, 0.2) is 6.20 Å². The van der Waals surface area contributed by atoms with Crippen molar-refractivity contribution in [2.75, 3.05) is 26.2 Å². The molecular formula is C16H23F3N4OS. The molecule has 9 heteroatoms. The van der Waals surface area contributed by atoms with Gasteiger partial charge in [-0.1, -0.05) is 0 Å². The van der Waals surface area contributed by atoms with Crippen LogP contribution in [-0.2, 0) is 17.5 Å². The SMILES string of the molecule is O=C(NCC1CCCN(Cc2cnc(C(F)(F)F)s2)C1)C1CCCN1. The second-order valence-electron chi connectivity index (χ2n) is 6.77. The van der Waals surface area contributed by atoms with Gasteiger partial charge in [0.15, 0.2) is 5.01 Å². The van der Waals surface area contributed by atoms with Crippen molar-refractivity contribution >= 4 is 17.2 Å². The number of amides is 1. The smallest absolute Gasteiger partial charge is 0.354 e. The Morgan fingerprint density at radius 1 is 1.40 bits per heavy atom. The highest BCUT2D eigenvalue weighted by Gasteiger charge is 2.34. The number of hydrogen-bond acceptors (Lipinski definition) is 5. The van der Waals surface area contributed by atoms with E-state index < -0.39 is 11.2 Å². The Balaban J connectivity index is 1.46. The second kappa shape index (κ2) is 8.01. The quantitative estimate of drug-likeness (QED) is 0.828. The maximum atomic E-state index is 12.6. The van der Waals surface area contributed by atoms with Gasteiger partial charge in [-0.2, -0.15) is 13.2 Å². The molecule has 140 valence electrons. The molecule has 2 fully saturated rings. The third-order valence-corrected chi connectivity index (χ3v) is 5.75. The third kappa shape index (κ3) is 5.15. The normalized spacial score (nSPS) is 25.2. The van der Waals surface area contributed by atoms with Gasteiger partial charge in [0, 0.05) is 30.7 Å². The number of nitrogens with one attached hydrogen (secondary N) is 2. The van der Waals surface area contributed by atoms with Gasteiger partial charge in [-0.25, -0.2) is 4.98 Å². The highest BCUT2D eigenvalue weighted by molar-refractivity contribution is 7.11. The Hall–Kier alpha value is -1.19. The summed E-state index contributed by atoms with van der Waals surface area (Å²) in [4.78, 5) is 18.3. The fraction of sp³-hybridized carbons (Fsp3) is 0.750. The van der Waals surface area contributed by atoms with Crippen LogP contribution >= 0.6 is 11.3 Å². The van der Waals surface area contributed by atoms with Crippen LogP contribution < -0.4 is 10.6 Å². The number of carbonyl (C=O) groups is 1. The summed E-state index contributed by atoms with van der Waals surface area (Å²) >= 11 is 0.714. The predicted octanol–water partition coefficient (Wildman–Crippen LogP) is 2.24. The van der Waals surface area contributed by atoms with Crippen molar-refractivity contribution in [2.24, 2.45) is 5.92 Å². The van der Waals surface area contributed by atoms with E-state index in [9.17, 15) is 18.0 Å². The van der Waals surface area contributed by atoms with E-state index in [-0.39, 0.29) is 11.9 Å². The van der Waals surface area contributed by atoms with Crippen LogP contribution in [0.4, 0.5) is 13.2 Å². The minimum atomic E-state index is -4.37. The Morgan fingerprint density at radius 3 is 2.92 bits per heavy atom. The number of rotatable bonds is 5. The number of thiazole rings is 1. The molecule has 0 spiro atoms. The number of hydrogen-bond donors (Lipinski definition) is 2. The van der Waals surface area contributed by atoms with Gasteiger partial charge in [0.1, 0.15) is 0 Å². The monoisotopic (exact) mass is 376 g/mol. The van der Waals surface area contributed by atoms with E-state index in [1.165, 1.54) is 6.20 Å². The fourth-order valence-electron chi connectivity index (χ4n) is 3.47. The number of carbonyl (C=O) groups excluding carboxylic acids is 1. The molecule has 2 aliphatic heterocycles. The highest BCUT2D eigenvalue weighted by atomic mass is 32.1. The number of piperidine rings is 1. The van der Waals surface area contributed by atoms with Crippen LogP contribution in [0.25, 0.3) is 0 Å². The van der Waals surface area contributed by atoms with Crippen molar-refractivity contribution in [1.29, 1.82) is 0 Å². The highest BCUT2D eigenvalue weighted by Crippen LogP contribution is 2.33. The second-order valence-corrected chi connectivity index (χ2v) is 7.88. The molecule has 2 atom stereocenters. The molecule has 2 unspecified atom stereocenters. The average Bonchev–Trinajstić information content (AvgIpc) is 3.24. The molecule has 1 amide bonds. The van der Waals surface area contributed by atoms with Crippen molar-refractivity contribution in [3.63, 3.8) is 0 Å². The molecule has 2 saturated heterocycles. The first-order chi connectivity index (χ1) is 11.9. The standard InChI is InChI=1S/C16H23F3N4OS/c17-16(18,19)15-22-8-12(25-15)10-23-6-2-3-11(9-23)7-21-14(24)13-4-1-5-20-13/h8,11,13,20H,1-7,9-10H2,(H,21,24). The predicted molar refractivity (Wildman–Crippen MR) is 89.2 cm³/mol. The third-order valence-electron chi connectivity index (χ3n) is 4.72. The summed E-state index contributed by atoms with van der Waals surface area (Å²) in [5.41, 5.74) is 0. The summed E-state index contributed by atoms with van der Waals surface area (Å²) in [6, 6.07) is -0.0716. The first-order valence-electron chi connectivity index (χ1n) is 8.67. The Morgan fingerprint density at radius 2 is 2.24 bits per heavy atom. The van der Waals surface area contributed by atoms with Gasteiger partial charge in [-0.05, 0) is 44.7 Å². The van der Waals surface area contributed by atoms with E-state index in [4.69, 9.17) is 0 Å². The number of aromatic nitrogens is 1. The maximum absolute atomic E-state index is 12.6. The van der Waals surface area contributed by atoms with Gasteiger partial charge in [-0.15, -0.1) is 11.3 Å². The van der Waals surface area contributed by atoms with Crippen molar-refractivity contribution in [3.8, 4) is 0 Å². The topological polar surface area (TPSA) is 57.3 Å². The molecule has 0 saturated carbocycles. The Labute approximate surface area is 149 Å². The molecule has 0 aromatic carbocycles. The summed E-state index contributed by atoms with van der Waals surface area (Å²) in [7, 11) is 0. The lowest BCUT2D eigenvalue weighted by Gasteiger charge is -2.32. The summed E-state index contributed by atoms with van der Waals surface area (Å²) in [6.07, 6.45) is 0.897. The van der Waals surface area contributed by atoms with E-state index in [0.717, 1.165) is 45.3 Å². The molecule has 2 N–H and O–H groups in total. The van der Waals surface area contributed by atoms with Crippen LogP contribution in [0.1, 0.15) is 35.6 Å². The molecule has 3 heterocycles. The van der Waals surface area contributed by atoms with Gasteiger partial charge in [0.25, 0.3) is 0 Å². The van der Waals surface area contributed by atoms with E-state index in [0.29, 0.717) is 35.2 Å². The molecule has 0 bridgehead atoms. The zero-order valence-corrected chi connectivity index (χ0v) is 14.8. The molecule has 0 radical (unpaired) electrons. The van der Waals surface area contributed by atoms with Gasteiger partial charge >= 0.3 is 6.18 Å². The summed E-state index contributed by atoms with van der Waals surface area (Å²) in [5.74, 6) is 0.404. The van der Waals surface area contributed by atoms with Gasteiger partial charge in [0.05, 0.1) is 6.04 Å². The van der Waals surface area contributed by atoms with Crippen LogP contribution in [-0.4, -0.2) is 48.0 Å². The van der Waals surface area contributed by atoms with Crippen LogP contribution in [0.5, 0.6) is 0 Å². The van der Waals surface area contributed by atoms with E-state index in [1.54, 1.807) is 0 Å². The minimum Gasteiger partial charge on any atom is -0.354 e. The number of likely N-dealkylation sites (tertiary alicyclic amines) is 1. The molecule has 1 aromatic rings. The largest absolute Gasteiger partial charge is 0.443 e. The van der Waals surface area contributed by atoms with Crippen LogP contribution in [0.2, 0.25) is 0 Å². The molecule has 2 aliphatic rings. The maximum Gasteiger partial charge on any atom is 0.443 e. The molecule has 5 nitrogen and oxygen atoms in total. The zero-order chi connectivity index (χ0) is 17.9. The Bertz CT molecular complexity index is 586. The first kappa shape index (κ1) is 18.6. The van der Waals surface area contributed by atoms with Crippen LogP contribution in [0, 0.1) is 5.92 Å². The number of alkyl halides is 3. The summed E-state index contributed by atoms with van der Waals surface area (Å²) in [5, 5.41) is 5.41. The summed E-state index contributed by atoms with van der Waals surface area (Å²) in [6.45, 7) is 3.67. The number of nitrogens with zero attached hydrogens (tertiary/aromatic N) is 2. The lowest BCUT2D eigenvalue weighted by molar-refractivity contribution is -0.137. The average molecular weight is 376 g/mol. The molecule has 25 heavy (non-hydrogen) atoms. The van der Waals surface area contributed by atoms with E-state index in [1.807, 2.05) is 0 Å². The van der Waals surface area contributed by atoms with Crippen molar-refractivity contribution < 1.29 is 18.0 Å². The van der Waals surface area contributed by atoms with Crippen molar-refractivity contribution in [3.05, 3.63) is 16.1 Å². The Kier molecular flexibility index (Phi) is 5.96. The van der Waals surface area contributed by atoms with Gasteiger partial charge in [-0.3, -0.25) is 9.69 Å². The molecule has 0 aliphatic carbocycles. The summed E-state index contributed by atoms with van der Waals surface area (Å²) < 4.78 is 37.9. The minimum absolute atomic E-state index is 0.0619. The first-order valence-corrected chi connectivity index (χ1v) is 9.49. The lowest BCUT2D eigenvalue weighted by Crippen LogP contribution is -2.45. The van der Waals surface area contributed by atoms with Crippen molar-refractivity contribution in [1.82, 2.24) is 20.5 Å². The van der Waals surface area contributed by atoms with Crippen LogP contribution in [0.3, 0.4) is 0 Å². The zero-order valence-electron chi connectivity index (χ0n) is 13.9. The van der Waals surface area contributed by atoms with Gasteiger partial charge in [0.2, 0.25) is 5.91 Å². The van der Waals surface area contributed by atoms with Gasteiger partial charge < -0.3 is 10.6 Å².